The first kappa shape index (κ1) is 18.7. The van der Waals surface area contributed by atoms with Gasteiger partial charge in [-0.2, -0.15) is 0 Å². The molecule has 0 saturated carbocycles. The van der Waals surface area contributed by atoms with Gasteiger partial charge in [-0.05, 0) is 43.5 Å². The average Bonchev–Trinajstić information content (AvgIpc) is 2.55. The molecule has 1 aromatic carbocycles. The van der Waals surface area contributed by atoms with Crippen molar-refractivity contribution in [1.82, 2.24) is 10.6 Å². The van der Waals surface area contributed by atoms with Crippen LogP contribution in [0.4, 0.5) is 4.39 Å². The molecule has 2 rings (SSSR count). The standard InChI is InChI=1S/C18H28FN3O2/c1-3-20-17(22-13-18(23)7-10-24-11-8-18)21-9-6-15-4-5-16(19)12-14(15)2/h4-5,12,23H,3,6-11,13H2,1-2H3,(H2,20,21,22). The molecule has 3 N–H and O–H groups in total. The van der Waals surface area contributed by atoms with Gasteiger partial charge >= 0.3 is 0 Å². The monoisotopic (exact) mass is 337 g/mol. The number of benzene rings is 1. The summed E-state index contributed by atoms with van der Waals surface area (Å²) in [5, 5.41) is 16.9. The van der Waals surface area contributed by atoms with Crippen molar-refractivity contribution in [2.45, 2.75) is 38.7 Å². The van der Waals surface area contributed by atoms with Gasteiger partial charge in [0.05, 0.1) is 12.1 Å². The molecule has 0 atom stereocenters. The number of aliphatic hydroxyl groups is 1. The van der Waals surface area contributed by atoms with E-state index in [0.29, 0.717) is 45.1 Å². The quantitative estimate of drug-likeness (QED) is 0.547. The SMILES string of the molecule is CCNC(=NCC1(O)CCOCC1)NCCc1ccc(F)cc1C. The fraction of sp³-hybridized carbons (Fsp3) is 0.611. The first-order valence-electron chi connectivity index (χ1n) is 8.60. The second-order valence-corrected chi connectivity index (χ2v) is 6.28. The molecule has 0 radical (unpaired) electrons. The Kier molecular flexibility index (Phi) is 6.99. The minimum atomic E-state index is -0.770. The molecule has 0 bridgehead atoms. The van der Waals surface area contributed by atoms with Gasteiger partial charge in [0, 0.05) is 39.1 Å². The molecule has 0 amide bonds. The molecular formula is C18H28FN3O2. The Morgan fingerprint density at radius 1 is 1.33 bits per heavy atom. The van der Waals surface area contributed by atoms with Crippen molar-refractivity contribution in [3.8, 4) is 0 Å². The number of guanidine groups is 1. The van der Waals surface area contributed by atoms with Gasteiger partial charge in [0.1, 0.15) is 5.82 Å². The topological polar surface area (TPSA) is 65.9 Å². The molecule has 6 heteroatoms. The van der Waals surface area contributed by atoms with Gasteiger partial charge in [-0.1, -0.05) is 6.07 Å². The minimum Gasteiger partial charge on any atom is -0.388 e. The average molecular weight is 337 g/mol. The van der Waals surface area contributed by atoms with E-state index in [1.54, 1.807) is 6.07 Å². The van der Waals surface area contributed by atoms with Crippen molar-refractivity contribution in [3.63, 3.8) is 0 Å². The molecule has 1 aliphatic rings. The molecule has 1 aromatic rings. The number of aliphatic imine (C=N–C) groups is 1. The number of nitrogens with zero attached hydrogens (tertiary/aromatic N) is 1. The van der Waals surface area contributed by atoms with Crippen LogP contribution in [0.25, 0.3) is 0 Å². The number of nitrogens with one attached hydrogen (secondary N) is 2. The first-order chi connectivity index (χ1) is 11.5. The predicted octanol–water partition coefficient (Wildman–Crippen LogP) is 1.77. The Hall–Kier alpha value is -1.66. The van der Waals surface area contributed by atoms with Crippen molar-refractivity contribution in [2.75, 3.05) is 32.8 Å². The zero-order chi connectivity index (χ0) is 17.4. The van der Waals surface area contributed by atoms with Crippen LogP contribution in [0.3, 0.4) is 0 Å². The second kappa shape index (κ2) is 8.99. The van der Waals surface area contributed by atoms with E-state index in [-0.39, 0.29) is 5.82 Å². The third kappa shape index (κ3) is 5.76. The number of rotatable bonds is 6. The maximum atomic E-state index is 13.1. The Morgan fingerprint density at radius 2 is 2.08 bits per heavy atom. The highest BCUT2D eigenvalue weighted by molar-refractivity contribution is 5.79. The normalized spacial score (nSPS) is 17.6. The zero-order valence-corrected chi connectivity index (χ0v) is 14.6. The van der Waals surface area contributed by atoms with Gasteiger partial charge in [-0.3, -0.25) is 4.99 Å². The Labute approximate surface area is 143 Å². The van der Waals surface area contributed by atoms with Crippen LogP contribution in [0, 0.1) is 12.7 Å². The summed E-state index contributed by atoms with van der Waals surface area (Å²) in [6, 6.07) is 4.86. The molecule has 1 heterocycles. The molecule has 0 spiro atoms. The van der Waals surface area contributed by atoms with E-state index < -0.39 is 5.60 Å². The molecule has 134 valence electrons. The van der Waals surface area contributed by atoms with Crippen LogP contribution in [0.1, 0.15) is 30.9 Å². The molecule has 5 nitrogen and oxygen atoms in total. The second-order valence-electron chi connectivity index (χ2n) is 6.28. The molecule has 24 heavy (non-hydrogen) atoms. The molecular weight excluding hydrogens is 309 g/mol. The van der Waals surface area contributed by atoms with Crippen molar-refractivity contribution in [1.29, 1.82) is 0 Å². The van der Waals surface area contributed by atoms with Crippen LogP contribution in [0.2, 0.25) is 0 Å². The van der Waals surface area contributed by atoms with E-state index in [1.165, 1.54) is 6.07 Å². The maximum Gasteiger partial charge on any atom is 0.191 e. The number of hydrogen-bond acceptors (Lipinski definition) is 3. The van der Waals surface area contributed by atoms with Crippen LogP contribution in [-0.4, -0.2) is 49.5 Å². The summed E-state index contributed by atoms with van der Waals surface area (Å²) in [4.78, 5) is 4.51. The van der Waals surface area contributed by atoms with Crippen LogP contribution in [0.15, 0.2) is 23.2 Å². The van der Waals surface area contributed by atoms with Gasteiger partial charge in [0.25, 0.3) is 0 Å². The molecule has 1 fully saturated rings. The fourth-order valence-electron chi connectivity index (χ4n) is 2.73. The summed E-state index contributed by atoms with van der Waals surface area (Å²) in [7, 11) is 0. The van der Waals surface area contributed by atoms with Crippen molar-refractivity contribution in [2.24, 2.45) is 4.99 Å². The van der Waals surface area contributed by atoms with E-state index in [2.05, 4.69) is 15.6 Å². The van der Waals surface area contributed by atoms with Crippen LogP contribution in [-0.2, 0) is 11.2 Å². The summed E-state index contributed by atoms with van der Waals surface area (Å²) in [5.74, 6) is 0.487. The third-order valence-electron chi connectivity index (χ3n) is 4.29. The summed E-state index contributed by atoms with van der Waals surface area (Å²) < 4.78 is 18.4. The largest absolute Gasteiger partial charge is 0.388 e. The highest BCUT2D eigenvalue weighted by atomic mass is 19.1. The number of ether oxygens (including phenoxy) is 1. The molecule has 0 unspecified atom stereocenters. The van der Waals surface area contributed by atoms with Crippen LogP contribution >= 0.6 is 0 Å². The van der Waals surface area contributed by atoms with Crippen LogP contribution < -0.4 is 10.6 Å². The predicted molar refractivity (Wildman–Crippen MR) is 93.8 cm³/mol. The van der Waals surface area contributed by atoms with E-state index in [4.69, 9.17) is 4.74 Å². The molecule has 1 aliphatic heterocycles. The first-order valence-corrected chi connectivity index (χ1v) is 8.60. The van der Waals surface area contributed by atoms with Gasteiger partial charge in [0.2, 0.25) is 0 Å². The summed E-state index contributed by atoms with van der Waals surface area (Å²) in [6.45, 7) is 6.90. The van der Waals surface area contributed by atoms with E-state index >= 15 is 0 Å². The van der Waals surface area contributed by atoms with Gasteiger partial charge in [-0.15, -0.1) is 0 Å². The lowest BCUT2D eigenvalue weighted by atomic mass is 9.95. The van der Waals surface area contributed by atoms with Crippen molar-refractivity contribution in [3.05, 3.63) is 35.1 Å². The molecule has 1 saturated heterocycles. The Bertz CT molecular complexity index is 557. The minimum absolute atomic E-state index is 0.205. The van der Waals surface area contributed by atoms with Gasteiger partial charge in [-0.25, -0.2) is 4.39 Å². The van der Waals surface area contributed by atoms with E-state index in [9.17, 15) is 9.50 Å². The Morgan fingerprint density at radius 3 is 2.75 bits per heavy atom. The summed E-state index contributed by atoms with van der Waals surface area (Å²) in [6.07, 6.45) is 2.02. The maximum absolute atomic E-state index is 13.1. The highest BCUT2D eigenvalue weighted by Crippen LogP contribution is 2.20. The number of hydrogen-bond donors (Lipinski definition) is 3. The van der Waals surface area contributed by atoms with E-state index in [0.717, 1.165) is 24.1 Å². The lowest BCUT2D eigenvalue weighted by molar-refractivity contribution is -0.0565. The van der Waals surface area contributed by atoms with Gasteiger partial charge < -0.3 is 20.5 Å². The third-order valence-corrected chi connectivity index (χ3v) is 4.29. The van der Waals surface area contributed by atoms with Crippen molar-refractivity contribution >= 4 is 5.96 Å². The van der Waals surface area contributed by atoms with Crippen molar-refractivity contribution < 1.29 is 14.2 Å². The van der Waals surface area contributed by atoms with Gasteiger partial charge in [0.15, 0.2) is 5.96 Å². The smallest absolute Gasteiger partial charge is 0.191 e. The van der Waals surface area contributed by atoms with E-state index in [1.807, 2.05) is 19.9 Å². The number of halogens is 1. The summed E-state index contributed by atoms with van der Waals surface area (Å²) in [5.41, 5.74) is 1.30. The molecule has 0 aromatic heterocycles. The lowest BCUT2D eigenvalue weighted by Crippen LogP contribution is -2.43. The molecule has 0 aliphatic carbocycles. The summed E-state index contributed by atoms with van der Waals surface area (Å²) >= 11 is 0. The Balaban J connectivity index is 1.87. The zero-order valence-electron chi connectivity index (χ0n) is 14.6. The lowest BCUT2D eigenvalue weighted by Gasteiger charge is -2.30. The highest BCUT2D eigenvalue weighted by Gasteiger charge is 2.29. The fourth-order valence-corrected chi connectivity index (χ4v) is 2.73. The number of aryl methyl sites for hydroxylation is 1. The van der Waals surface area contributed by atoms with Crippen LogP contribution in [0.5, 0.6) is 0 Å².